The quantitative estimate of drug-likeness (QED) is 0.665. The van der Waals surface area contributed by atoms with Gasteiger partial charge >= 0.3 is 0 Å². The highest BCUT2D eigenvalue weighted by molar-refractivity contribution is 7.89. The van der Waals surface area contributed by atoms with Crippen molar-refractivity contribution in [1.29, 1.82) is 0 Å². The topological polar surface area (TPSA) is 79.4 Å². The van der Waals surface area contributed by atoms with Gasteiger partial charge < -0.3 is 14.4 Å². The van der Waals surface area contributed by atoms with Gasteiger partial charge in [-0.2, -0.15) is 4.31 Å². The van der Waals surface area contributed by atoms with E-state index in [-0.39, 0.29) is 41.2 Å². The van der Waals surface area contributed by atoms with E-state index in [9.17, 15) is 13.2 Å². The number of sulfonamides is 1. The number of carbonyl (C=O) groups is 1. The van der Waals surface area contributed by atoms with Crippen LogP contribution >= 0.6 is 11.6 Å². The minimum absolute atomic E-state index is 0.0229. The van der Waals surface area contributed by atoms with Crippen molar-refractivity contribution < 1.29 is 22.7 Å². The van der Waals surface area contributed by atoms with Crippen LogP contribution in [0.5, 0.6) is 0 Å². The molecule has 0 N–H and O–H groups in total. The summed E-state index contributed by atoms with van der Waals surface area (Å²) in [5.41, 5.74) is 0. The molecular formula is C20H28ClN3O5S. The first-order chi connectivity index (χ1) is 14.5. The predicted molar refractivity (Wildman–Crippen MR) is 112 cm³/mol. The van der Waals surface area contributed by atoms with E-state index in [1.165, 1.54) is 10.4 Å². The van der Waals surface area contributed by atoms with Gasteiger partial charge in [-0.05, 0) is 31.5 Å². The fourth-order valence-corrected chi connectivity index (χ4v) is 6.28. The Morgan fingerprint density at radius 2 is 1.73 bits per heavy atom. The molecule has 1 amide bonds. The maximum absolute atomic E-state index is 12.9. The molecule has 1 aromatic rings. The highest BCUT2D eigenvalue weighted by Crippen LogP contribution is 2.26. The molecule has 3 fully saturated rings. The van der Waals surface area contributed by atoms with Crippen LogP contribution < -0.4 is 0 Å². The van der Waals surface area contributed by atoms with Crippen LogP contribution in [0.4, 0.5) is 0 Å². The average Bonchev–Trinajstić information content (AvgIpc) is 3.29. The summed E-state index contributed by atoms with van der Waals surface area (Å²) in [6, 6.07) is 6.55. The smallest absolute Gasteiger partial charge is 0.244 e. The summed E-state index contributed by atoms with van der Waals surface area (Å²) in [6.07, 6.45) is 2.87. The van der Waals surface area contributed by atoms with Crippen molar-refractivity contribution in [2.24, 2.45) is 0 Å². The van der Waals surface area contributed by atoms with Gasteiger partial charge in [0.1, 0.15) is 4.90 Å². The van der Waals surface area contributed by atoms with Crippen LogP contribution in [0.1, 0.15) is 19.3 Å². The van der Waals surface area contributed by atoms with Crippen molar-refractivity contribution in [2.45, 2.75) is 36.5 Å². The third-order valence-corrected chi connectivity index (χ3v) is 8.41. The van der Waals surface area contributed by atoms with Gasteiger partial charge in [0, 0.05) is 26.2 Å². The fourth-order valence-electron chi connectivity index (χ4n) is 4.36. The van der Waals surface area contributed by atoms with Crippen molar-refractivity contribution in [3.8, 4) is 0 Å². The van der Waals surface area contributed by atoms with Gasteiger partial charge in [-0.15, -0.1) is 0 Å². The molecule has 0 aromatic heterocycles. The first kappa shape index (κ1) is 22.0. The zero-order valence-corrected chi connectivity index (χ0v) is 18.5. The number of hydrogen-bond acceptors (Lipinski definition) is 6. The lowest BCUT2D eigenvalue weighted by Gasteiger charge is -2.39. The molecule has 1 atom stereocenters. The largest absolute Gasteiger partial charge is 0.349 e. The monoisotopic (exact) mass is 457 g/mol. The third kappa shape index (κ3) is 4.66. The lowest BCUT2D eigenvalue weighted by molar-refractivity contribution is -0.140. The number of nitrogens with zero attached hydrogens (tertiary/aromatic N) is 3. The maximum Gasteiger partial charge on any atom is 0.244 e. The van der Waals surface area contributed by atoms with Crippen LogP contribution in [0, 0.1) is 0 Å². The van der Waals surface area contributed by atoms with Crippen molar-refractivity contribution in [3.05, 3.63) is 29.3 Å². The molecule has 166 valence electrons. The van der Waals surface area contributed by atoms with E-state index in [1.807, 2.05) is 0 Å². The molecule has 10 heteroatoms. The minimum Gasteiger partial charge on any atom is -0.349 e. The number of hydrogen-bond donors (Lipinski definition) is 0. The van der Waals surface area contributed by atoms with Crippen LogP contribution in [0.2, 0.25) is 5.02 Å². The van der Waals surface area contributed by atoms with E-state index < -0.39 is 10.0 Å². The van der Waals surface area contributed by atoms with E-state index in [1.54, 1.807) is 23.1 Å². The normalized spacial score (nSPS) is 25.0. The second-order valence-electron chi connectivity index (χ2n) is 7.86. The molecule has 3 aliphatic heterocycles. The molecule has 4 rings (SSSR count). The molecule has 3 saturated heterocycles. The zero-order chi connectivity index (χ0) is 21.1. The van der Waals surface area contributed by atoms with Gasteiger partial charge in [-0.1, -0.05) is 30.2 Å². The lowest BCUT2D eigenvalue weighted by Crippen LogP contribution is -2.55. The first-order valence-corrected chi connectivity index (χ1v) is 12.3. The third-order valence-electron chi connectivity index (χ3n) is 6.01. The summed E-state index contributed by atoms with van der Waals surface area (Å²) < 4.78 is 38.6. The summed E-state index contributed by atoms with van der Waals surface area (Å²) in [6.45, 7) is 3.63. The minimum atomic E-state index is -3.67. The number of carbonyl (C=O) groups excluding carboxylic acids is 1. The Balaban J connectivity index is 1.34. The van der Waals surface area contributed by atoms with Crippen LogP contribution in [0.3, 0.4) is 0 Å². The second kappa shape index (κ2) is 9.50. The van der Waals surface area contributed by atoms with Crippen LogP contribution in [0.15, 0.2) is 29.2 Å². The van der Waals surface area contributed by atoms with Crippen LogP contribution in [0.25, 0.3) is 0 Å². The van der Waals surface area contributed by atoms with Crippen molar-refractivity contribution in [1.82, 2.24) is 14.1 Å². The molecule has 0 saturated carbocycles. The Bertz CT molecular complexity index is 854. The predicted octanol–water partition coefficient (Wildman–Crippen LogP) is 1.40. The number of ether oxygens (including phenoxy) is 2. The molecule has 0 radical (unpaired) electrons. The number of piperazine rings is 1. The van der Waals surface area contributed by atoms with Crippen LogP contribution in [-0.4, -0.2) is 93.2 Å². The number of likely N-dealkylation sites (tertiary alicyclic amines) is 1. The summed E-state index contributed by atoms with van der Waals surface area (Å²) in [4.78, 5) is 16.9. The van der Waals surface area contributed by atoms with Crippen molar-refractivity contribution >= 4 is 27.5 Å². The SMILES string of the molecule is O=C(CN1CCCCC1C1OCCO1)N1CCN(S(=O)(=O)c2ccccc2Cl)CC1. The van der Waals surface area contributed by atoms with Gasteiger partial charge in [0.25, 0.3) is 0 Å². The average molecular weight is 458 g/mol. The van der Waals surface area contributed by atoms with E-state index in [4.69, 9.17) is 21.1 Å². The fraction of sp³-hybridized carbons (Fsp3) is 0.650. The van der Waals surface area contributed by atoms with E-state index >= 15 is 0 Å². The molecule has 3 heterocycles. The molecule has 0 bridgehead atoms. The molecule has 0 aliphatic carbocycles. The number of halogens is 1. The Morgan fingerprint density at radius 1 is 1.03 bits per heavy atom. The summed E-state index contributed by atoms with van der Waals surface area (Å²) in [7, 11) is -3.67. The maximum atomic E-state index is 12.9. The summed E-state index contributed by atoms with van der Waals surface area (Å²) in [5.74, 6) is 0.0229. The highest BCUT2D eigenvalue weighted by Gasteiger charge is 2.36. The van der Waals surface area contributed by atoms with Gasteiger partial charge in [-0.25, -0.2) is 8.42 Å². The van der Waals surface area contributed by atoms with Crippen LogP contribution in [-0.2, 0) is 24.3 Å². The van der Waals surface area contributed by atoms with Crippen molar-refractivity contribution in [3.63, 3.8) is 0 Å². The van der Waals surface area contributed by atoms with Gasteiger partial charge in [0.15, 0.2) is 6.29 Å². The summed E-state index contributed by atoms with van der Waals surface area (Å²) >= 11 is 6.09. The van der Waals surface area contributed by atoms with E-state index in [2.05, 4.69) is 4.90 Å². The Morgan fingerprint density at radius 3 is 2.43 bits per heavy atom. The molecule has 1 aromatic carbocycles. The molecule has 30 heavy (non-hydrogen) atoms. The molecule has 0 spiro atoms. The lowest BCUT2D eigenvalue weighted by atomic mass is 10.0. The van der Waals surface area contributed by atoms with Gasteiger partial charge in [-0.3, -0.25) is 9.69 Å². The number of amides is 1. The zero-order valence-electron chi connectivity index (χ0n) is 16.9. The van der Waals surface area contributed by atoms with E-state index in [0.29, 0.717) is 32.8 Å². The first-order valence-electron chi connectivity index (χ1n) is 10.5. The highest BCUT2D eigenvalue weighted by atomic mass is 35.5. The molecule has 3 aliphatic rings. The van der Waals surface area contributed by atoms with E-state index in [0.717, 1.165) is 25.8 Å². The Kier molecular flexibility index (Phi) is 6.96. The molecule has 1 unspecified atom stereocenters. The second-order valence-corrected chi connectivity index (χ2v) is 10.2. The Hall–Kier alpha value is -1.23. The number of piperidine rings is 1. The van der Waals surface area contributed by atoms with Gasteiger partial charge in [0.05, 0.1) is 30.8 Å². The number of rotatable bonds is 5. The molecule has 8 nitrogen and oxygen atoms in total. The molecular weight excluding hydrogens is 430 g/mol. The summed E-state index contributed by atoms with van der Waals surface area (Å²) in [5, 5.41) is 0.212. The number of benzene rings is 1. The standard InChI is InChI=1S/C20H28ClN3O5S/c21-16-5-1-2-7-18(16)30(26,27)24-11-9-22(10-12-24)19(25)15-23-8-4-3-6-17(23)20-28-13-14-29-20/h1-2,5,7,17,20H,3-4,6,8-15H2. The van der Waals surface area contributed by atoms with Crippen molar-refractivity contribution in [2.75, 3.05) is 52.5 Å². The van der Waals surface area contributed by atoms with Gasteiger partial charge in [0.2, 0.25) is 15.9 Å². The Labute approximate surface area is 182 Å².